The van der Waals surface area contributed by atoms with Gasteiger partial charge in [0.15, 0.2) is 0 Å². The van der Waals surface area contributed by atoms with Crippen molar-refractivity contribution in [3.8, 4) is 0 Å². The molecule has 7 heteroatoms. The summed E-state index contributed by atoms with van der Waals surface area (Å²) >= 11 is 1.47. The Morgan fingerprint density at radius 2 is 2.25 bits per heavy atom. The maximum Gasteiger partial charge on any atom is 0.270 e. The molecule has 1 aromatic heterocycles. The molecular formula is C17H25N3O3S. The van der Waals surface area contributed by atoms with Crippen LogP contribution in [0.3, 0.4) is 0 Å². The molecule has 2 saturated heterocycles. The molecule has 0 bridgehead atoms. The third-order valence-electron chi connectivity index (χ3n) is 4.75. The average Bonchev–Trinajstić information content (AvgIpc) is 3.19. The SMILES string of the molecule is Cc1nc(C(=O)NC[C@@H]2CO[C@@H]3CN(C(=O)CC(C)C)C[C@H]23)cs1. The molecule has 2 aliphatic rings. The number of rotatable bonds is 5. The molecule has 0 aromatic carbocycles. The van der Waals surface area contributed by atoms with Gasteiger partial charge in [-0.1, -0.05) is 13.8 Å². The van der Waals surface area contributed by atoms with Crippen molar-refractivity contribution < 1.29 is 14.3 Å². The molecule has 2 aliphatic heterocycles. The Morgan fingerprint density at radius 1 is 1.46 bits per heavy atom. The van der Waals surface area contributed by atoms with Gasteiger partial charge in [0.25, 0.3) is 5.91 Å². The third-order valence-corrected chi connectivity index (χ3v) is 5.52. The minimum Gasteiger partial charge on any atom is -0.376 e. The number of ether oxygens (including phenoxy) is 1. The van der Waals surface area contributed by atoms with Gasteiger partial charge in [-0.25, -0.2) is 4.98 Å². The van der Waals surface area contributed by atoms with Crippen molar-refractivity contribution in [2.75, 3.05) is 26.2 Å². The molecule has 2 amide bonds. The summed E-state index contributed by atoms with van der Waals surface area (Å²) in [5.41, 5.74) is 0.480. The van der Waals surface area contributed by atoms with Crippen LogP contribution in [0.2, 0.25) is 0 Å². The number of nitrogens with zero attached hydrogens (tertiary/aromatic N) is 2. The number of hydrogen-bond donors (Lipinski definition) is 1. The van der Waals surface area contributed by atoms with Gasteiger partial charge in [0.2, 0.25) is 5.91 Å². The summed E-state index contributed by atoms with van der Waals surface area (Å²) in [6.07, 6.45) is 0.703. The van der Waals surface area contributed by atoms with Crippen molar-refractivity contribution in [2.45, 2.75) is 33.3 Å². The van der Waals surface area contributed by atoms with Gasteiger partial charge < -0.3 is 15.0 Å². The van der Waals surface area contributed by atoms with Crippen LogP contribution in [-0.4, -0.2) is 54.0 Å². The van der Waals surface area contributed by atoms with Crippen LogP contribution in [0.25, 0.3) is 0 Å². The zero-order chi connectivity index (χ0) is 17.3. The Labute approximate surface area is 146 Å². The maximum atomic E-state index is 12.2. The third kappa shape index (κ3) is 3.78. The van der Waals surface area contributed by atoms with E-state index in [2.05, 4.69) is 24.1 Å². The number of aromatic nitrogens is 1. The van der Waals surface area contributed by atoms with E-state index in [0.717, 1.165) is 11.6 Å². The molecule has 1 aromatic rings. The van der Waals surface area contributed by atoms with E-state index in [1.54, 1.807) is 5.38 Å². The summed E-state index contributed by atoms with van der Waals surface area (Å²) in [5, 5.41) is 5.63. The maximum absolute atomic E-state index is 12.2. The number of aryl methyl sites for hydroxylation is 1. The van der Waals surface area contributed by atoms with Gasteiger partial charge in [0.1, 0.15) is 5.69 Å². The molecule has 0 radical (unpaired) electrons. The molecule has 3 atom stereocenters. The summed E-state index contributed by atoms with van der Waals surface area (Å²) in [6.45, 7) is 8.66. The first-order chi connectivity index (χ1) is 11.4. The summed E-state index contributed by atoms with van der Waals surface area (Å²) in [7, 11) is 0. The van der Waals surface area contributed by atoms with Crippen LogP contribution in [-0.2, 0) is 9.53 Å². The van der Waals surface area contributed by atoms with E-state index in [4.69, 9.17) is 4.74 Å². The molecule has 2 fully saturated rings. The normalized spacial score (nSPS) is 26.0. The first-order valence-corrected chi connectivity index (χ1v) is 9.41. The van der Waals surface area contributed by atoms with Crippen LogP contribution in [0.4, 0.5) is 0 Å². The van der Waals surface area contributed by atoms with Crippen molar-refractivity contribution >= 4 is 23.2 Å². The summed E-state index contributed by atoms with van der Waals surface area (Å²) < 4.78 is 5.86. The van der Waals surface area contributed by atoms with Crippen LogP contribution in [0.5, 0.6) is 0 Å². The first kappa shape index (κ1) is 17.4. The molecule has 0 aliphatic carbocycles. The number of carbonyl (C=O) groups excluding carboxylic acids is 2. The van der Waals surface area contributed by atoms with Gasteiger partial charge >= 0.3 is 0 Å². The molecule has 3 rings (SSSR count). The molecule has 0 spiro atoms. The first-order valence-electron chi connectivity index (χ1n) is 8.53. The second-order valence-corrected chi connectivity index (χ2v) is 8.22. The highest BCUT2D eigenvalue weighted by Gasteiger charge is 2.45. The van der Waals surface area contributed by atoms with Gasteiger partial charge in [-0.3, -0.25) is 9.59 Å². The predicted octanol–water partition coefficient (Wildman–Crippen LogP) is 1.70. The highest BCUT2D eigenvalue weighted by atomic mass is 32.1. The van der Waals surface area contributed by atoms with E-state index in [9.17, 15) is 9.59 Å². The summed E-state index contributed by atoms with van der Waals surface area (Å²) in [5.74, 6) is 1.03. The van der Waals surface area contributed by atoms with Gasteiger partial charge in [-0.15, -0.1) is 11.3 Å². The number of hydrogen-bond acceptors (Lipinski definition) is 5. The molecule has 132 valence electrons. The van der Waals surface area contributed by atoms with Crippen LogP contribution in [0.1, 0.15) is 35.8 Å². The second kappa shape index (κ2) is 7.19. The van der Waals surface area contributed by atoms with Crippen LogP contribution >= 0.6 is 11.3 Å². The molecule has 0 unspecified atom stereocenters. The molecule has 1 N–H and O–H groups in total. The number of thiazole rings is 1. The largest absolute Gasteiger partial charge is 0.376 e. The van der Waals surface area contributed by atoms with Gasteiger partial charge in [0.05, 0.1) is 17.7 Å². The highest BCUT2D eigenvalue weighted by Crippen LogP contribution is 2.33. The number of amides is 2. The van der Waals surface area contributed by atoms with E-state index in [-0.39, 0.29) is 23.8 Å². The molecule has 6 nitrogen and oxygen atoms in total. The minimum atomic E-state index is -0.131. The fourth-order valence-corrected chi connectivity index (χ4v) is 4.07. The molecule has 0 saturated carbocycles. The van der Waals surface area contributed by atoms with Crippen molar-refractivity contribution in [1.29, 1.82) is 0 Å². The lowest BCUT2D eigenvalue weighted by atomic mass is 9.93. The van der Waals surface area contributed by atoms with E-state index in [0.29, 0.717) is 43.6 Å². The minimum absolute atomic E-state index is 0.115. The van der Waals surface area contributed by atoms with Crippen molar-refractivity contribution in [3.05, 3.63) is 16.1 Å². The van der Waals surface area contributed by atoms with Crippen molar-refractivity contribution in [2.24, 2.45) is 17.8 Å². The van der Waals surface area contributed by atoms with E-state index < -0.39 is 0 Å². The predicted molar refractivity (Wildman–Crippen MR) is 91.9 cm³/mol. The average molecular weight is 351 g/mol. The lowest BCUT2D eigenvalue weighted by molar-refractivity contribution is -0.131. The fraction of sp³-hybridized carbons (Fsp3) is 0.706. The van der Waals surface area contributed by atoms with Crippen LogP contribution in [0.15, 0.2) is 5.38 Å². The topological polar surface area (TPSA) is 71.5 Å². The Hall–Kier alpha value is -1.47. The van der Waals surface area contributed by atoms with Crippen LogP contribution < -0.4 is 5.32 Å². The summed E-state index contributed by atoms with van der Waals surface area (Å²) in [6, 6.07) is 0. The lowest BCUT2D eigenvalue weighted by Gasteiger charge is -2.20. The zero-order valence-corrected chi connectivity index (χ0v) is 15.3. The smallest absolute Gasteiger partial charge is 0.270 e. The Bertz CT molecular complexity index is 616. The Morgan fingerprint density at radius 3 is 2.92 bits per heavy atom. The van der Waals surface area contributed by atoms with E-state index in [1.807, 2.05) is 11.8 Å². The van der Waals surface area contributed by atoms with Gasteiger partial charge in [-0.2, -0.15) is 0 Å². The number of nitrogens with one attached hydrogen (secondary N) is 1. The van der Waals surface area contributed by atoms with E-state index in [1.165, 1.54) is 11.3 Å². The monoisotopic (exact) mass is 351 g/mol. The van der Waals surface area contributed by atoms with Crippen molar-refractivity contribution in [1.82, 2.24) is 15.2 Å². The standard InChI is InChI=1S/C17H25N3O3S/c1-10(2)4-16(21)20-6-13-12(8-23-15(13)7-20)5-18-17(22)14-9-24-11(3)19-14/h9-10,12-13,15H,4-8H2,1-3H3,(H,18,22)/t12-,13-,15-/m1/s1. The highest BCUT2D eigenvalue weighted by molar-refractivity contribution is 7.09. The van der Waals surface area contributed by atoms with Crippen LogP contribution in [0, 0.1) is 24.7 Å². The van der Waals surface area contributed by atoms with E-state index >= 15 is 0 Å². The lowest BCUT2D eigenvalue weighted by Crippen LogP contribution is -2.35. The van der Waals surface area contributed by atoms with Gasteiger partial charge in [0, 0.05) is 43.3 Å². The van der Waals surface area contributed by atoms with Crippen molar-refractivity contribution in [3.63, 3.8) is 0 Å². The quantitative estimate of drug-likeness (QED) is 0.876. The Balaban J connectivity index is 1.51. The number of likely N-dealkylation sites (tertiary alicyclic amines) is 1. The fourth-order valence-electron chi connectivity index (χ4n) is 3.47. The Kier molecular flexibility index (Phi) is 5.20. The zero-order valence-electron chi connectivity index (χ0n) is 14.4. The molecular weight excluding hydrogens is 326 g/mol. The molecule has 3 heterocycles. The molecule has 24 heavy (non-hydrogen) atoms. The number of fused-ring (bicyclic) bond motifs is 1. The second-order valence-electron chi connectivity index (χ2n) is 7.15. The number of carbonyl (C=O) groups is 2. The van der Waals surface area contributed by atoms with Gasteiger partial charge in [-0.05, 0) is 12.8 Å². The summed E-state index contributed by atoms with van der Waals surface area (Å²) in [4.78, 5) is 30.5.